The van der Waals surface area contributed by atoms with Gasteiger partial charge in [0.2, 0.25) is 5.91 Å². The Labute approximate surface area is 127 Å². The molecule has 2 rings (SSSR count). The first kappa shape index (κ1) is 15.8. The van der Waals surface area contributed by atoms with E-state index in [-0.39, 0.29) is 11.9 Å². The molecule has 5 heteroatoms. The van der Waals surface area contributed by atoms with E-state index in [9.17, 15) is 4.79 Å². The highest BCUT2D eigenvalue weighted by Gasteiger charge is 2.28. The Hall–Kier alpha value is -1.59. The largest absolute Gasteiger partial charge is 0.399 e. The monoisotopic (exact) mass is 290 g/mol. The number of hydrogen-bond donors (Lipinski definition) is 2. The lowest BCUT2D eigenvalue weighted by Crippen LogP contribution is -2.55. The molecule has 1 saturated heterocycles. The standard InChI is InChI=1S/C16H26N4O/c1-11-9-14(17)5-6-15(11)18-16(21)13(3)20-8-7-19(4)12(2)10-20/h5-6,9,12-13H,7-8,10,17H2,1-4H3,(H,18,21). The summed E-state index contributed by atoms with van der Waals surface area (Å²) in [7, 11) is 2.13. The second-order valence-electron chi connectivity index (χ2n) is 6.06. The number of nitrogen functional groups attached to an aromatic ring is 1. The van der Waals surface area contributed by atoms with E-state index in [0.29, 0.717) is 11.7 Å². The maximum Gasteiger partial charge on any atom is 0.241 e. The highest BCUT2D eigenvalue weighted by atomic mass is 16.2. The van der Waals surface area contributed by atoms with Crippen LogP contribution in [0.5, 0.6) is 0 Å². The number of benzene rings is 1. The molecule has 2 atom stereocenters. The summed E-state index contributed by atoms with van der Waals surface area (Å²) in [6, 6.07) is 5.90. The van der Waals surface area contributed by atoms with Crippen LogP contribution < -0.4 is 11.1 Å². The molecule has 0 bridgehead atoms. The summed E-state index contributed by atoms with van der Waals surface area (Å²) in [5, 5.41) is 3.01. The third kappa shape index (κ3) is 3.74. The molecule has 1 aliphatic rings. The maximum absolute atomic E-state index is 12.4. The minimum atomic E-state index is -0.127. The number of nitrogens with zero attached hydrogens (tertiary/aromatic N) is 2. The number of piperazine rings is 1. The van der Waals surface area contributed by atoms with Gasteiger partial charge in [-0.1, -0.05) is 0 Å². The van der Waals surface area contributed by atoms with Crippen LogP contribution in [-0.2, 0) is 4.79 Å². The van der Waals surface area contributed by atoms with E-state index in [0.717, 1.165) is 30.9 Å². The fourth-order valence-corrected chi connectivity index (χ4v) is 2.66. The van der Waals surface area contributed by atoms with Gasteiger partial charge in [0, 0.05) is 37.1 Å². The number of nitrogens with two attached hydrogens (primary N) is 1. The zero-order valence-corrected chi connectivity index (χ0v) is 13.4. The molecule has 0 aromatic heterocycles. The third-order valence-corrected chi connectivity index (χ3v) is 4.43. The lowest BCUT2D eigenvalue weighted by Gasteiger charge is -2.40. The summed E-state index contributed by atoms with van der Waals surface area (Å²) in [4.78, 5) is 17.0. The number of amides is 1. The van der Waals surface area contributed by atoms with Crippen LogP contribution in [0.4, 0.5) is 11.4 Å². The van der Waals surface area contributed by atoms with Crippen molar-refractivity contribution in [3.8, 4) is 0 Å². The van der Waals surface area contributed by atoms with Crippen molar-refractivity contribution in [2.24, 2.45) is 0 Å². The topological polar surface area (TPSA) is 61.6 Å². The molecule has 116 valence electrons. The van der Waals surface area contributed by atoms with Crippen molar-refractivity contribution in [3.05, 3.63) is 23.8 Å². The Morgan fingerprint density at radius 1 is 1.43 bits per heavy atom. The fraction of sp³-hybridized carbons (Fsp3) is 0.562. The number of nitrogens with one attached hydrogen (secondary N) is 1. The van der Waals surface area contributed by atoms with Crippen molar-refractivity contribution < 1.29 is 4.79 Å². The predicted molar refractivity (Wildman–Crippen MR) is 87.3 cm³/mol. The van der Waals surface area contributed by atoms with Gasteiger partial charge in [0.25, 0.3) is 0 Å². The normalized spacial score (nSPS) is 22.0. The average molecular weight is 290 g/mol. The van der Waals surface area contributed by atoms with Gasteiger partial charge in [-0.15, -0.1) is 0 Å². The molecular weight excluding hydrogens is 264 g/mol. The van der Waals surface area contributed by atoms with Gasteiger partial charge < -0.3 is 16.0 Å². The molecule has 1 aliphatic heterocycles. The van der Waals surface area contributed by atoms with Crippen molar-refractivity contribution in [2.45, 2.75) is 32.9 Å². The van der Waals surface area contributed by atoms with Gasteiger partial charge in [0.1, 0.15) is 0 Å². The highest BCUT2D eigenvalue weighted by molar-refractivity contribution is 5.95. The van der Waals surface area contributed by atoms with Crippen molar-refractivity contribution in [1.82, 2.24) is 9.80 Å². The molecule has 21 heavy (non-hydrogen) atoms. The molecule has 1 aromatic rings. The van der Waals surface area contributed by atoms with Gasteiger partial charge in [-0.3, -0.25) is 9.69 Å². The van der Waals surface area contributed by atoms with Crippen molar-refractivity contribution in [2.75, 3.05) is 37.7 Å². The molecule has 2 unspecified atom stereocenters. The highest BCUT2D eigenvalue weighted by Crippen LogP contribution is 2.19. The van der Waals surface area contributed by atoms with Crippen LogP contribution in [-0.4, -0.2) is 54.5 Å². The zero-order valence-electron chi connectivity index (χ0n) is 13.4. The van der Waals surface area contributed by atoms with Gasteiger partial charge >= 0.3 is 0 Å². The van der Waals surface area contributed by atoms with Gasteiger partial charge in [0.05, 0.1) is 6.04 Å². The molecule has 0 saturated carbocycles. The zero-order chi connectivity index (χ0) is 15.6. The Kier molecular flexibility index (Phi) is 4.85. The van der Waals surface area contributed by atoms with Gasteiger partial charge in [-0.2, -0.15) is 0 Å². The number of carbonyl (C=O) groups is 1. The van der Waals surface area contributed by atoms with Crippen molar-refractivity contribution in [1.29, 1.82) is 0 Å². The van der Waals surface area contributed by atoms with E-state index in [1.807, 2.05) is 32.0 Å². The first-order valence-electron chi connectivity index (χ1n) is 7.49. The molecule has 1 aromatic carbocycles. The van der Waals surface area contributed by atoms with E-state index >= 15 is 0 Å². The second-order valence-corrected chi connectivity index (χ2v) is 6.06. The van der Waals surface area contributed by atoms with Crippen LogP contribution in [0.1, 0.15) is 19.4 Å². The molecule has 1 fully saturated rings. The second kappa shape index (κ2) is 6.45. The van der Waals surface area contributed by atoms with Crippen LogP contribution in [0.2, 0.25) is 0 Å². The van der Waals surface area contributed by atoms with Gasteiger partial charge in [0.15, 0.2) is 0 Å². The summed E-state index contributed by atoms with van der Waals surface area (Å²) in [6.45, 7) is 8.97. The van der Waals surface area contributed by atoms with E-state index in [4.69, 9.17) is 5.73 Å². The van der Waals surface area contributed by atoms with Crippen molar-refractivity contribution in [3.63, 3.8) is 0 Å². The number of carbonyl (C=O) groups excluding carboxylic acids is 1. The summed E-state index contributed by atoms with van der Waals surface area (Å²) in [6.07, 6.45) is 0. The minimum absolute atomic E-state index is 0.0413. The van der Waals surface area contributed by atoms with E-state index in [1.54, 1.807) is 0 Å². The molecule has 0 radical (unpaired) electrons. The van der Waals surface area contributed by atoms with Gasteiger partial charge in [-0.25, -0.2) is 0 Å². The molecule has 1 amide bonds. The number of rotatable bonds is 3. The minimum Gasteiger partial charge on any atom is -0.399 e. The Balaban J connectivity index is 1.99. The lowest BCUT2D eigenvalue weighted by molar-refractivity contribution is -0.121. The summed E-state index contributed by atoms with van der Waals surface area (Å²) in [5.41, 5.74) is 8.28. The van der Waals surface area contributed by atoms with E-state index < -0.39 is 0 Å². The quantitative estimate of drug-likeness (QED) is 0.829. The first-order valence-corrected chi connectivity index (χ1v) is 7.49. The fourth-order valence-electron chi connectivity index (χ4n) is 2.66. The van der Waals surface area contributed by atoms with Crippen LogP contribution in [0, 0.1) is 6.92 Å². The molecule has 0 aliphatic carbocycles. The molecule has 3 N–H and O–H groups in total. The summed E-state index contributed by atoms with van der Waals surface area (Å²) < 4.78 is 0. The predicted octanol–water partition coefficient (Wildman–Crippen LogP) is 1.54. The van der Waals surface area contributed by atoms with Crippen LogP contribution in [0.3, 0.4) is 0 Å². The van der Waals surface area contributed by atoms with Gasteiger partial charge in [-0.05, 0) is 51.6 Å². The Morgan fingerprint density at radius 3 is 2.76 bits per heavy atom. The van der Waals surface area contributed by atoms with E-state index in [1.165, 1.54) is 0 Å². The number of hydrogen-bond acceptors (Lipinski definition) is 4. The number of likely N-dealkylation sites (N-methyl/N-ethyl adjacent to an activating group) is 1. The summed E-state index contributed by atoms with van der Waals surface area (Å²) >= 11 is 0. The van der Waals surface area contributed by atoms with E-state index in [2.05, 4.69) is 29.1 Å². The lowest BCUT2D eigenvalue weighted by atomic mass is 10.1. The average Bonchev–Trinajstić information content (AvgIpc) is 2.44. The number of anilines is 2. The Bertz CT molecular complexity index is 517. The van der Waals surface area contributed by atoms with Crippen LogP contribution in [0.15, 0.2) is 18.2 Å². The third-order valence-electron chi connectivity index (χ3n) is 4.43. The van der Waals surface area contributed by atoms with Crippen molar-refractivity contribution >= 4 is 17.3 Å². The smallest absolute Gasteiger partial charge is 0.241 e. The van der Waals surface area contributed by atoms with Crippen LogP contribution in [0.25, 0.3) is 0 Å². The Morgan fingerprint density at radius 2 is 2.14 bits per heavy atom. The molecule has 1 heterocycles. The molecular formula is C16H26N4O. The number of aryl methyl sites for hydroxylation is 1. The SMILES string of the molecule is Cc1cc(N)ccc1NC(=O)C(C)N1CCN(C)C(C)C1. The van der Waals surface area contributed by atoms with Crippen LogP contribution >= 0.6 is 0 Å². The molecule has 0 spiro atoms. The first-order chi connectivity index (χ1) is 9.88. The molecule has 5 nitrogen and oxygen atoms in total. The summed E-state index contributed by atoms with van der Waals surface area (Å²) in [5.74, 6) is 0.0413. The maximum atomic E-state index is 12.4.